The van der Waals surface area contributed by atoms with Crippen LogP contribution in [-0.4, -0.2) is 15.0 Å². The zero-order valence-electron chi connectivity index (χ0n) is 11.4. The van der Waals surface area contributed by atoms with Gasteiger partial charge in [0, 0.05) is 6.07 Å². The molecule has 0 aliphatic carbocycles. The van der Waals surface area contributed by atoms with Gasteiger partial charge in [0.15, 0.2) is 0 Å². The van der Waals surface area contributed by atoms with E-state index in [0.717, 1.165) is 0 Å². The molecular formula is C15H14N2O3S. The topological polar surface area (TPSA) is 93.2 Å². The van der Waals surface area contributed by atoms with Crippen LogP contribution in [0.15, 0.2) is 52.3 Å². The Morgan fingerprint density at radius 1 is 1.24 bits per heavy atom. The van der Waals surface area contributed by atoms with Gasteiger partial charge in [0.2, 0.25) is 9.84 Å². The third-order valence-electron chi connectivity index (χ3n) is 2.88. The SMILES string of the molecule is CCOc1cc(N)c(C#N)cc1S(=O)(=O)c1ccccc1. The van der Waals surface area contributed by atoms with Gasteiger partial charge in [-0.15, -0.1) is 0 Å². The average Bonchev–Trinajstić information content (AvgIpc) is 2.48. The minimum atomic E-state index is -3.77. The van der Waals surface area contributed by atoms with Gasteiger partial charge in [0.05, 0.1) is 22.8 Å². The van der Waals surface area contributed by atoms with E-state index in [1.165, 1.54) is 24.3 Å². The van der Waals surface area contributed by atoms with Crippen molar-refractivity contribution in [3.05, 3.63) is 48.0 Å². The number of nitrogen functional groups attached to an aromatic ring is 1. The van der Waals surface area contributed by atoms with E-state index >= 15 is 0 Å². The van der Waals surface area contributed by atoms with Gasteiger partial charge >= 0.3 is 0 Å². The molecule has 2 aromatic rings. The minimum absolute atomic E-state index is 0.0544. The van der Waals surface area contributed by atoms with Crippen molar-refractivity contribution >= 4 is 15.5 Å². The van der Waals surface area contributed by atoms with Crippen molar-refractivity contribution in [2.24, 2.45) is 0 Å². The first-order valence-electron chi connectivity index (χ1n) is 6.27. The maximum absolute atomic E-state index is 12.7. The molecule has 0 atom stereocenters. The monoisotopic (exact) mass is 302 g/mol. The van der Waals surface area contributed by atoms with E-state index in [2.05, 4.69) is 0 Å². The van der Waals surface area contributed by atoms with Crippen molar-refractivity contribution in [1.29, 1.82) is 5.26 Å². The van der Waals surface area contributed by atoms with Crippen LogP contribution < -0.4 is 10.5 Å². The second kappa shape index (κ2) is 5.85. The van der Waals surface area contributed by atoms with E-state index in [4.69, 9.17) is 15.7 Å². The van der Waals surface area contributed by atoms with Gasteiger partial charge in [-0.25, -0.2) is 8.42 Å². The van der Waals surface area contributed by atoms with Gasteiger partial charge in [0.25, 0.3) is 0 Å². The summed E-state index contributed by atoms with van der Waals surface area (Å²) >= 11 is 0. The lowest BCUT2D eigenvalue weighted by Gasteiger charge is -2.12. The fraction of sp³-hybridized carbons (Fsp3) is 0.133. The van der Waals surface area contributed by atoms with Gasteiger partial charge in [-0.3, -0.25) is 0 Å². The Morgan fingerprint density at radius 2 is 1.90 bits per heavy atom. The molecule has 0 unspecified atom stereocenters. The number of anilines is 1. The smallest absolute Gasteiger partial charge is 0.210 e. The summed E-state index contributed by atoms with van der Waals surface area (Å²) in [5.41, 5.74) is 6.01. The summed E-state index contributed by atoms with van der Waals surface area (Å²) in [6.45, 7) is 2.04. The molecule has 0 heterocycles. The molecule has 2 rings (SSSR count). The highest BCUT2D eigenvalue weighted by atomic mass is 32.2. The van der Waals surface area contributed by atoms with Crippen LogP contribution in [0.25, 0.3) is 0 Å². The van der Waals surface area contributed by atoms with Gasteiger partial charge in [0.1, 0.15) is 16.7 Å². The lowest BCUT2D eigenvalue weighted by molar-refractivity contribution is 0.331. The van der Waals surface area contributed by atoms with Crippen molar-refractivity contribution in [2.45, 2.75) is 16.7 Å². The normalized spacial score (nSPS) is 10.9. The molecule has 0 amide bonds. The highest BCUT2D eigenvalue weighted by Gasteiger charge is 2.24. The first-order valence-corrected chi connectivity index (χ1v) is 7.75. The van der Waals surface area contributed by atoms with E-state index in [0.29, 0.717) is 6.61 Å². The summed E-state index contributed by atoms with van der Waals surface area (Å²) in [6.07, 6.45) is 0. The Hall–Kier alpha value is -2.52. The lowest BCUT2D eigenvalue weighted by Crippen LogP contribution is -2.07. The van der Waals surface area contributed by atoms with E-state index in [1.54, 1.807) is 25.1 Å². The Balaban J connectivity index is 2.70. The second-order valence-electron chi connectivity index (χ2n) is 4.25. The fourth-order valence-corrected chi connectivity index (χ4v) is 3.30. The molecule has 0 saturated heterocycles. The molecule has 0 fully saturated rings. The number of benzene rings is 2. The molecule has 108 valence electrons. The summed E-state index contributed by atoms with van der Waals surface area (Å²) in [6, 6.07) is 12.5. The fourth-order valence-electron chi connectivity index (χ4n) is 1.88. The van der Waals surface area contributed by atoms with Crippen molar-refractivity contribution in [3.63, 3.8) is 0 Å². The Bertz CT molecular complexity index is 794. The molecule has 0 saturated carbocycles. The van der Waals surface area contributed by atoms with Crippen LogP contribution in [0, 0.1) is 11.3 Å². The van der Waals surface area contributed by atoms with Crippen LogP contribution in [0.3, 0.4) is 0 Å². The zero-order chi connectivity index (χ0) is 15.5. The Kier molecular flexibility index (Phi) is 4.15. The number of sulfone groups is 1. The zero-order valence-corrected chi connectivity index (χ0v) is 12.2. The van der Waals surface area contributed by atoms with E-state index in [1.807, 2.05) is 6.07 Å². The van der Waals surface area contributed by atoms with Crippen molar-refractivity contribution in [3.8, 4) is 11.8 Å². The molecule has 5 nitrogen and oxygen atoms in total. The van der Waals surface area contributed by atoms with Crippen LogP contribution in [0.5, 0.6) is 5.75 Å². The van der Waals surface area contributed by atoms with Crippen molar-refractivity contribution < 1.29 is 13.2 Å². The quantitative estimate of drug-likeness (QED) is 0.875. The number of nitrogens with two attached hydrogens (primary N) is 1. The number of rotatable bonds is 4. The average molecular weight is 302 g/mol. The van der Waals surface area contributed by atoms with Gasteiger partial charge < -0.3 is 10.5 Å². The molecule has 6 heteroatoms. The molecular weight excluding hydrogens is 288 g/mol. The molecule has 2 aromatic carbocycles. The first kappa shape index (κ1) is 14.9. The minimum Gasteiger partial charge on any atom is -0.492 e. The van der Waals surface area contributed by atoms with Crippen molar-refractivity contribution in [1.82, 2.24) is 0 Å². The molecule has 0 spiro atoms. The molecule has 0 aromatic heterocycles. The lowest BCUT2D eigenvalue weighted by atomic mass is 10.2. The molecule has 2 N–H and O–H groups in total. The summed E-state index contributed by atoms with van der Waals surface area (Å²) in [7, 11) is -3.77. The standard InChI is InChI=1S/C15H14N2O3S/c1-2-20-14-9-13(17)11(10-16)8-15(14)21(18,19)12-6-4-3-5-7-12/h3-9H,2,17H2,1H3. The first-order chi connectivity index (χ1) is 10.0. The number of hydrogen-bond acceptors (Lipinski definition) is 5. The largest absolute Gasteiger partial charge is 0.492 e. The summed E-state index contributed by atoms with van der Waals surface area (Å²) in [5, 5.41) is 9.03. The van der Waals surface area contributed by atoms with Gasteiger partial charge in [-0.2, -0.15) is 5.26 Å². The molecule has 0 radical (unpaired) electrons. The van der Waals surface area contributed by atoms with Crippen LogP contribution in [0.1, 0.15) is 12.5 Å². The van der Waals surface area contributed by atoms with Crippen LogP contribution in [-0.2, 0) is 9.84 Å². The van der Waals surface area contributed by atoms with Crippen LogP contribution in [0.4, 0.5) is 5.69 Å². The highest BCUT2D eigenvalue weighted by Crippen LogP contribution is 2.33. The molecule has 21 heavy (non-hydrogen) atoms. The predicted octanol–water partition coefficient (Wildman–Crippen LogP) is 2.37. The van der Waals surface area contributed by atoms with Gasteiger partial charge in [-0.1, -0.05) is 18.2 Å². The number of nitriles is 1. The molecule has 0 aliphatic heterocycles. The third kappa shape index (κ3) is 2.83. The van der Waals surface area contributed by atoms with Crippen molar-refractivity contribution in [2.75, 3.05) is 12.3 Å². The van der Waals surface area contributed by atoms with Crippen LogP contribution >= 0.6 is 0 Å². The molecule has 0 aliphatic rings. The Labute approximate surface area is 123 Å². The van der Waals surface area contributed by atoms with E-state index in [-0.39, 0.29) is 26.8 Å². The maximum atomic E-state index is 12.7. The van der Waals surface area contributed by atoms with Crippen LogP contribution in [0.2, 0.25) is 0 Å². The summed E-state index contributed by atoms with van der Waals surface area (Å²) in [4.78, 5) is 0.0842. The number of hydrogen-bond donors (Lipinski definition) is 1. The Morgan fingerprint density at radius 3 is 2.48 bits per heavy atom. The highest BCUT2D eigenvalue weighted by molar-refractivity contribution is 7.91. The summed E-state index contributed by atoms with van der Waals surface area (Å²) in [5.74, 6) is 0.151. The molecule has 0 bridgehead atoms. The van der Waals surface area contributed by atoms with E-state index in [9.17, 15) is 8.42 Å². The number of ether oxygens (including phenoxy) is 1. The number of nitrogens with zero attached hydrogens (tertiary/aromatic N) is 1. The second-order valence-corrected chi connectivity index (χ2v) is 6.17. The van der Waals surface area contributed by atoms with E-state index < -0.39 is 9.84 Å². The third-order valence-corrected chi connectivity index (χ3v) is 4.67. The summed E-state index contributed by atoms with van der Waals surface area (Å²) < 4.78 is 30.7. The maximum Gasteiger partial charge on any atom is 0.210 e. The van der Waals surface area contributed by atoms with Gasteiger partial charge in [-0.05, 0) is 25.1 Å². The predicted molar refractivity (Wildman–Crippen MR) is 78.6 cm³/mol.